The molecular formula is C16H21F2NO2. The number of amides is 1. The molecule has 0 spiro atoms. The van der Waals surface area contributed by atoms with Gasteiger partial charge in [0.1, 0.15) is 5.75 Å². The van der Waals surface area contributed by atoms with Crippen LogP contribution in [0.4, 0.5) is 8.78 Å². The van der Waals surface area contributed by atoms with Crippen molar-refractivity contribution in [2.24, 2.45) is 0 Å². The van der Waals surface area contributed by atoms with E-state index in [9.17, 15) is 13.6 Å². The molecule has 1 aliphatic carbocycles. The van der Waals surface area contributed by atoms with Crippen LogP contribution in [0.15, 0.2) is 18.2 Å². The molecule has 0 N–H and O–H groups in total. The fourth-order valence-electron chi connectivity index (χ4n) is 2.83. The summed E-state index contributed by atoms with van der Waals surface area (Å²) >= 11 is 0. The van der Waals surface area contributed by atoms with Crippen molar-refractivity contribution in [3.8, 4) is 5.75 Å². The first-order chi connectivity index (χ1) is 10.1. The molecule has 3 nitrogen and oxygen atoms in total. The third kappa shape index (κ3) is 4.16. The van der Waals surface area contributed by atoms with Crippen molar-refractivity contribution in [1.29, 1.82) is 0 Å². The van der Waals surface area contributed by atoms with E-state index in [-0.39, 0.29) is 24.3 Å². The number of carbonyl (C=O) groups excluding carboxylic acids is 1. The van der Waals surface area contributed by atoms with Gasteiger partial charge in [0.2, 0.25) is 0 Å². The molecule has 0 saturated heterocycles. The lowest BCUT2D eigenvalue weighted by molar-refractivity contribution is -0.136. The molecule has 1 aromatic rings. The topological polar surface area (TPSA) is 29.5 Å². The third-order valence-electron chi connectivity index (χ3n) is 3.93. The van der Waals surface area contributed by atoms with Gasteiger partial charge >= 0.3 is 0 Å². The maximum absolute atomic E-state index is 13.1. The Morgan fingerprint density at radius 1 is 1.24 bits per heavy atom. The first-order valence-electron chi connectivity index (χ1n) is 7.49. The summed E-state index contributed by atoms with van der Waals surface area (Å²) in [5.41, 5.74) is 0. The minimum atomic E-state index is -0.973. The van der Waals surface area contributed by atoms with Crippen molar-refractivity contribution in [3.63, 3.8) is 0 Å². The molecule has 0 aromatic heterocycles. The highest BCUT2D eigenvalue weighted by Gasteiger charge is 2.24. The molecule has 0 aliphatic heterocycles. The van der Waals surface area contributed by atoms with E-state index in [2.05, 4.69) is 0 Å². The van der Waals surface area contributed by atoms with E-state index >= 15 is 0 Å². The van der Waals surface area contributed by atoms with Gasteiger partial charge in [0.25, 0.3) is 5.91 Å². The predicted octanol–water partition coefficient (Wildman–Crippen LogP) is 3.52. The molecule has 0 bridgehead atoms. The number of carbonyl (C=O) groups is 1. The Hall–Kier alpha value is -1.65. The lowest BCUT2D eigenvalue weighted by Crippen LogP contribution is -2.43. The minimum Gasteiger partial charge on any atom is -0.484 e. The second-order valence-electron chi connectivity index (χ2n) is 5.34. The maximum Gasteiger partial charge on any atom is 0.260 e. The molecule has 1 aliphatic rings. The highest BCUT2D eigenvalue weighted by molar-refractivity contribution is 5.78. The fraction of sp³-hybridized carbons (Fsp3) is 0.562. The molecule has 0 unspecified atom stereocenters. The summed E-state index contributed by atoms with van der Waals surface area (Å²) in [6.07, 6.45) is 5.60. The summed E-state index contributed by atoms with van der Waals surface area (Å²) in [6.45, 7) is 2.45. The molecule has 2 rings (SSSR count). The quantitative estimate of drug-likeness (QED) is 0.832. The van der Waals surface area contributed by atoms with Gasteiger partial charge in [-0.2, -0.15) is 0 Å². The van der Waals surface area contributed by atoms with Crippen LogP contribution in [-0.2, 0) is 4.79 Å². The normalized spacial score (nSPS) is 15.8. The number of benzene rings is 1. The van der Waals surface area contributed by atoms with Gasteiger partial charge in [0.15, 0.2) is 18.2 Å². The summed E-state index contributed by atoms with van der Waals surface area (Å²) in [4.78, 5) is 14.1. The van der Waals surface area contributed by atoms with Gasteiger partial charge in [-0.15, -0.1) is 0 Å². The summed E-state index contributed by atoms with van der Waals surface area (Å²) in [5, 5.41) is 0. The molecule has 5 heteroatoms. The molecule has 1 fully saturated rings. The summed E-state index contributed by atoms with van der Waals surface area (Å²) in [6, 6.07) is 3.56. The van der Waals surface area contributed by atoms with E-state index in [4.69, 9.17) is 4.74 Å². The van der Waals surface area contributed by atoms with Crippen LogP contribution >= 0.6 is 0 Å². The molecule has 1 amide bonds. The monoisotopic (exact) mass is 297 g/mol. The molecule has 1 aromatic carbocycles. The second kappa shape index (κ2) is 7.38. The van der Waals surface area contributed by atoms with E-state index in [0.717, 1.165) is 37.8 Å². The van der Waals surface area contributed by atoms with Gasteiger partial charge in [-0.1, -0.05) is 19.3 Å². The van der Waals surface area contributed by atoms with Gasteiger partial charge in [-0.05, 0) is 31.9 Å². The van der Waals surface area contributed by atoms with Gasteiger partial charge in [0, 0.05) is 18.7 Å². The Kier molecular flexibility index (Phi) is 5.53. The van der Waals surface area contributed by atoms with Crippen LogP contribution in [0.3, 0.4) is 0 Å². The Labute approximate surface area is 123 Å². The van der Waals surface area contributed by atoms with Gasteiger partial charge in [-0.25, -0.2) is 8.78 Å². The van der Waals surface area contributed by atoms with Crippen LogP contribution in [0.25, 0.3) is 0 Å². The van der Waals surface area contributed by atoms with Gasteiger partial charge in [-0.3, -0.25) is 4.79 Å². The number of likely N-dealkylation sites (N-methyl/N-ethyl adjacent to an activating group) is 1. The minimum absolute atomic E-state index is 0.103. The molecule has 116 valence electrons. The summed E-state index contributed by atoms with van der Waals surface area (Å²) < 4.78 is 31.2. The highest BCUT2D eigenvalue weighted by Crippen LogP contribution is 2.23. The zero-order valence-electron chi connectivity index (χ0n) is 12.3. The van der Waals surface area contributed by atoms with Crippen LogP contribution < -0.4 is 4.74 Å². The highest BCUT2D eigenvalue weighted by atomic mass is 19.2. The van der Waals surface area contributed by atoms with Crippen LogP contribution in [-0.4, -0.2) is 30.0 Å². The SMILES string of the molecule is CCN(C(=O)COc1ccc(F)c(F)c1)C1CCCCC1. The van der Waals surface area contributed by atoms with Gasteiger partial charge < -0.3 is 9.64 Å². The van der Waals surface area contributed by atoms with Crippen molar-refractivity contribution in [1.82, 2.24) is 4.90 Å². The molecule has 1 saturated carbocycles. The predicted molar refractivity (Wildman–Crippen MR) is 76.1 cm³/mol. The van der Waals surface area contributed by atoms with Crippen molar-refractivity contribution >= 4 is 5.91 Å². The van der Waals surface area contributed by atoms with Crippen LogP contribution in [0, 0.1) is 11.6 Å². The van der Waals surface area contributed by atoms with Crippen LogP contribution in [0.1, 0.15) is 39.0 Å². The Morgan fingerprint density at radius 2 is 1.95 bits per heavy atom. The second-order valence-corrected chi connectivity index (χ2v) is 5.34. The van der Waals surface area contributed by atoms with E-state index in [1.165, 1.54) is 12.5 Å². The number of nitrogens with zero attached hydrogens (tertiary/aromatic N) is 1. The van der Waals surface area contributed by atoms with E-state index in [0.29, 0.717) is 6.54 Å². The molecule has 0 atom stereocenters. The van der Waals surface area contributed by atoms with Crippen molar-refractivity contribution in [2.75, 3.05) is 13.2 Å². The third-order valence-corrected chi connectivity index (χ3v) is 3.93. The summed E-state index contributed by atoms with van der Waals surface area (Å²) in [7, 11) is 0. The number of halogens is 2. The van der Waals surface area contributed by atoms with Crippen LogP contribution in [0.2, 0.25) is 0 Å². The average molecular weight is 297 g/mol. The van der Waals surface area contributed by atoms with Gasteiger partial charge in [0.05, 0.1) is 0 Å². The number of ether oxygens (including phenoxy) is 1. The Morgan fingerprint density at radius 3 is 2.57 bits per heavy atom. The number of hydrogen-bond donors (Lipinski definition) is 0. The van der Waals surface area contributed by atoms with Crippen molar-refractivity contribution in [3.05, 3.63) is 29.8 Å². The zero-order chi connectivity index (χ0) is 15.2. The fourth-order valence-corrected chi connectivity index (χ4v) is 2.83. The summed E-state index contributed by atoms with van der Waals surface area (Å²) in [5.74, 6) is -1.83. The van der Waals surface area contributed by atoms with Crippen molar-refractivity contribution < 1.29 is 18.3 Å². The van der Waals surface area contributed by atoms with E-state index < -0.39 is 11.6 Å². The zero-order valence-corrected chi connectivity index (χ0v) is 12.3. The van der Waals surface area contributed by atoms with Crippen LogP contribution in [0.5, 0.6) is 5.75 Å². The number of rotatable bonds is 5. The Balaban J connectivity index is 1.91. The first kappa shape index (κ1) is 15.7. The first-order valence-corrected chi connectivity index (χ1v) is 7.49. The molecule has 0 heterocycles. The van der Waals surface area contributed by atoms with E-state index in [1.54, 1.807) is 0 Å². The molecule has 21 heavy (non-hydrogen) atoms. The lowest BCUT2D eigenvalue weighted by Gasteiger charge is -2.33. The van der Waals surface area contributed by atoms with Crippen molar-refractivity contribution in [2.45, 2.75) is 45.1 Å². The molecular weight excluding hydrogens is 276 g/mol. The largest absolute Gasteiger partial charge is 0.484 e. The maximum atomic E-state index is 13.1. The molecule has 0 radical (unpaired) electrons. The van der Waals surface area contributed by atoms with E-state index in [1.807, 2.05) is 11.8 Å². The lowest BCUT2D eigenvalue weighted by atomic mass is 9.94. The standard InChI is InChI=1S/C16H21F2NO2/c1-2-19(12-6-4-3-5-7-12)16(20)11-21-13-8-9-14(17)15(18)10-13/h8-10,12H,2-7,11H2,1H3. The Bertz CT molecular complexity index is 487. The number of hydrogen-bond acceptors (Lipinski definition) is 2. The smallest absolute Gasteiger partial charge is 0.260 e. The average Bonchev–Trinajstić information content (AvgIpc) is 2.50.